The van der Waals surface area contributed by atoms with Gasteiger partial charge in [-0.1, -0.05) is 41.9 Å². The molecule has 0 bridgehead atoms. The molecule has 0 unspecified atom stereocenters. The van der Waals surface area contributed by atoms with E-state index in [1.165, 1.54) is 6.20 Å². The second-order valence-electron chi connectivity index (χ2n) is 3.74. The van der Waals surface area contributed by atoms with E-state index in [-0.39, 0.29) is 0 Å². The van der Waals surface area contributed by atoms with E-state index in [0.717, 1.165) is 11.1 Å². The van der Waals surface area contributed by atoms with Crippen molar-refractivity contribution >= 4 is 11.6 Å². The van der Waals surface area contributed by atoms with Crippen molar-refractivity contribution in [2.75, 3.05) is 0 Å². The van der Waals surface area contributed by atoms with Crippen molar-refractivity contribution in [1.82, 2.24) is 19.7 Å². The van der Waals surface area contributed by atoms with Crippen molar-refractivity contribution in [1.29, 1.82) is 0 Å². The molecule has 3 rings (SSSR count). The summed E-state index contributed by atoms with van der Waals surface area (Å²) in [6, 6.07) is 10.0. The number of hydrogen-bond donors (Lipinski definition) is 0. The van der Waals surface area contributed by atoms with Crippen LogP contribution in [0.25, 0.3) is 16.9 Å². The number of rotatable bonds is 2. The highest BCUT2D eigenvalue weighted by molar-refractivity contribution is 6.29. The molecule has 0 saturated carbocycles. The molecular formula is C13H9ClN4. The van der Waals surface area contributed by atoms with Crippen LogP contribution in [0.5, 0.6) is 0 Å². The molecule has 2 aromatic heterocycles. The molecule has 0 aliphatic carbocycles. The van der Waals surface area contributed by atoms with Crippen molar-refractivity contribution < 1.29 is 0 Å². The zero-order chi connectivity index (χ0) is 12.4. The number of nitrogens with zero attached hydrogens (tertiary/aromatic N) is 4. The van der Waals surface area contributed by atoms with Crippen LogP contribution in [0.1, 0.15) is 0 Å². The monoisotopic (exact) mass is 256 g/mol. The van der Waals surface area contributed by atoms with Gasteiger partial charge in [0.2, 0.25) is 0 Å². The normalized spacial score (nSPS) is 10.5. The second-order valence-corrected chi connectivity index (χ2v) is 4.13. The lowest BCUT2D eigenvalue weighted by Gasteiger charge is -1.99. The molecular weight excluding hydrogens is 248 g/mol. The molecule has 0 atom stereocenters. The van der Waals surface area contributed by atoms with Gasteiger partial charge in [-0.15, -0.1) is 0 Å². The lowest BCUT2D eigenvalue weighted by Crippen LogP contribution is -1.98. The van der Waals surface area contributed by atoms with Crippen LogP contribution in [0.4, 0.5) is 0 Å². The standard InChI is InChI=1S/C13H9ClN4/c14-12-7-15-8-13(17-12)18-9-11(6-16-18)10-4-2-1-3-5-10/h1-9H. The van der Waals surface area contributed by atoms with Crippen molar-refractivity contribution in [2.24, 2.45) is 0 Å². The molecule has 0 aliphatic rings. The molecule has 1 aromatic carbocycles. The van der Waals surface area contributed by atoms with Crippen molar-refractivity contribution in [3.8, 4) is 16.9 Å². The first-order valence-electron chi connectivity index (χ1n) is 5.41. The molecule has 5 heteroatoms. The molecule has 0 radical (unpaired) electrons. The molecule has 88 valence electrons. The van der Waals surface area contributed by atoms with Gasteiger partial charge in [-0.2, -0.15) is 5.10 Å². The van der Waals surface area contributed by atoms with Crippen LogP contribution in [-0.2, 0) is 0 Å². The lowest BCUT2D eigenvalue weighted by atomic mass is 10.1. The van der Waals surface area contributed by atoms with Crippen molar-refractivity contribution in [3.63, 3.8) is 0 Å². The highest BCUT2D eigenvalue weighted by Gasteiger charge is 2.04. The average molecular weight is 257 g/mol. The van der Waals surface area contributed by atoms with Crippen LogP contribution < -0.4 is 0 Å². The molecule has 0 fully saturated rings. The number of hydrogen-bond acceptors (Lipinski definition) is 3. The number of benzene rings is 1. The summed E-state index contributed by atoms with van der Waals surface area (Å²) in [5.41, 5.74) is 2.14. The Bertz CT molecular complexity index is 664. The van der Waals surface area contributed by atoms with Gasteiger partial charge in [0.05, 0.1) is 18.6 Å². The van der Waals surface area contributed by atoms with E-state index in [1.54, 1.807) is 17.1 Å². The van der Waals surface area contributed by atoms with Gasteiger partial charge in [0.25, 0.3) is 0 Å². The Hall–Kier alpha value is -2.20. The van der Waals surface area contributed by atoms with E-state index in [0.29, 0.717) is 11.0 Å². The van der Waals surface area contributed by atoms with Crippen LogP contribution in [0.3, 0.4) is 0 Å². The van der Waals surface area contributed by atoms with E-state index in [2.05, 4.69) is 15.1 Å². The summed E-state index contributed by atoms with van der Waals surface area (Å²) in [7, 11) is 0. The first kappa shape index (κ1) is 10.9. The van der Waals surface area contributed by atoms with Crippen LogP contribution >= 0.6 is 11.6 Å². The van der Waals surface area contributed by atoms with Gasteiger partial charge in [-0.3, -0.25) is 4.98 Å². The average Bonchev–Trinajstić information content (AvgIpc) is 2.89. The third-order valence-electron chi connectivity index (χ3n) is 2.52. The fourth-order valence-electron chi connectivity index (χ4n) is 1.67. The first-order chi connectivity index (χ1) is 8.83. The minimum atomic E-state index is 0.351. The van der Waals surface area contributed by atoms with Gasteiger partial charge in [0.1, 0.15) is 5.15 Å². The third kappa shape index (κ3) is 2.10. The predicted octanol–water partition coefficient (Wildman–Crippen LogP) is 2.98. The quantitative estimate of drug-likeness (QED) is 0.708. The van der Waals surface area contributed by atoms with E-state index in [9.17, 15) is 0 Å². The summed E-state index contributed by atoms with van der Waals surface area (Å²) in [6.45, 7) is 0. The minimum Gasteiger partial charge on any atom is -0.258 e. The highest BCUT2D eigenvalue weighted by atomic mass is 35.5. The van der Waals surface area contributed by atoms with Crippen molar-refractivity contribution in [3.05, 3.63) is 60.3 Å². The summed E-state index contributed by atoms with van der Waals surface area (Å²) in [4.78, 5) is 8.14. The molecule has 0 amide bonds. The molecule has 0 N–H and O–H groups in total. The summed E-state index contributed by atoms with van der Waals surface area (Å²) in [5, 5.41) is 4.61. The summed E-state index contributed by atoms with van der Waals surface area (Å²) < 4.78 is 1.65. The second kappa shape index (κ2) is 4.58. The zero-order valence-electron chi connectivity index (χ0n) is 9.36. The number of halogens is 1. The topological polar surface area (TPSA) is 43.6 Å². The third-order valence-corrected chi connectivity index (χ3v) is 2.70. The molecule has 2 heterocycles. The van der Waals surface area contributed by atoms with Crippen LogP contribution in [0.2, 0.25) is 5.15 Å². The Morgan fingerprint density at radius 1 is 0.944 bits per heavy atom. The fraction of sp³-hybridized carbons (Fsp3) is 0. The van der Waals surface area contributed by atoms with Crippen LogP contribution in [0, 0.1) is 0 Å². The van der Waals surface area contributed by atoms with E-state index >= 15 is 0 Å². The first-order valence-corrected chi connectivity index (χ1v) is 5.79. The Morgan fingerprint density at radius 3 is 2.56 bits per heavy atom. The number of aromatic nitrogens is 4. The predicted molar refractivity (Wildman–Crippen MR) is 69.6 cm³/mol. The lowest BCUT2D eigenvalue weighted by molar-refractivity contribution is 0.838. The van der Waals surface area contributed by atoms with Gasteiger partial charge in [0, 0.05) is 11.8 Å². The van der Waals surface area contributed by atoms with Gasteiger partial charge < -0.3 is 0 Å². The van der Waals surface area contributed by atoms with E-state index in [1.807, 2.05) is 36.5 Å². The Balaban J connectivity index is 2.00. The maximum absolute atomic E-state index is 5.80. The Morgan fingerprint density at radius 2 is 1.78 bits per heavy atom. The van der Waals surface area contributed by atoms with Crippen LogP contribution in [-0.4, -0.2) is 19.7 Å². The summed E-state index contributed by atoms with van der Waals surface area (Å²) in [5.74, 6) is 0.602. The van der Waals surface area contributed by atoms with Crippen molar-refractivity contribution in [2.45, 2.75) is 0 Å². The summed E-state index contributed by atoms with van der Waals surface area (Å²) >= 11 is 5.80. The summed E-state index contributed by atoms with van der Waals surface area (Å²) in [6.07, 6.45) is 6.80. The smallest absolute Gasteiger partial charge is 0.173 e. The maximum atomic E-state index is 5.80. The largest absolute Gasteiger partial charge is 0.258 e. The van der Waals surface area contributed by atoms with E-state index in [4.69, 9.17) is 11.6 Å². The molecule has 0 aliphatic heterocycles. The Kier molecular flexibility index (Phi) is 2.78. The molecule has 18 heavy (non-hydrogen) atoms. The maximum Gasteiger partial charge on any atom is 0.173 e. The minimum absolute atomic E-state index is 0.351. The zero-order valence-corrected chi connectivity index (χ0v) is 10.1. The SMILES string of the molecule is Clc1cncc(-n2cc(-c3ccccc3)cn2)n1. The highest BCUT2D eigenvalue weighted by Crippen LogP contribution is 2.19. The molecule has 4 nitrogen and oxygen atoms in total. The molecule has 0 saturated heterocycles. The van der Waals surface area contributed by atoms with Gasteiger partial charge in [0.15, 0.2) is 5.82 Å². The molecule has 3 aromatic rings. The van der Waals surface area contributed by atoms with Gasteiger partial charge in [-0.05, 0) is 5.56 Å². The van der Waals surface area contributed by atoms with Gasteiger partial charge >= 0.3 is 0 Å². The van der Waals surface area contributed by atoms with Crippen LogP contribution in [0.15, 0.2) is 55.1 Å². The Labute approximate surface area is 109 Å². The van der Waals surface area contributed by atoms with Gasteiger partial charge in [-0.25, -0.2) is 9.67 Å². The fourth-order valence-corrected chi connectivity index (χ4v) is 1.81. The molecule has 0 spiro atoms. The van der Waals surface area contributed by atoms with E-state index < -0.39 is 0 Å².